The first-order valence-corrected chi connectivity index (χ1v) is 14.9. The van der Waals surface area contributed by atoms with E-state index < -0.39 is 59.9 Å². The normalized spacial score (nSPS) is 21.3. The fourth-order valence-corrected chi connectivity index (χ4v) is 4.09. The number of nitrogens with zero attached hydrogens (tertiary/aromatic N) is 1. The van der Waals surface area contributed by atoms with Crippen LogP contribution in [0.15, 0.2) is 35.3 Å². The summed E-state index contributed by atoms with van der Waals surface area (Å²) in [6.07, 6.45) is -3.72. The summed E-state index contributed by atoms with van der Waals surface area (Å²) in [5.74, 6) is -5.62. The Morgan fingerprint density at radius 3 is 2.09 bits per heavy atom. The van der Waals surface area contributed by atoms with E-state index in [2.05, 4.69) is 31.6 Å². The summed E-state index contributed by atoms with van der Waals surface area (Å²) < 4.78 is 31.7. The lowest BCUT2D eigenvalue weighted by Crippen LogP contribution is -2.57. The van der Waals surface area contributed by atoms with Gasteiger partial charge in [0.1, 0.15) is 24.2 Å². The van der Waals surface area contributed by atoms with Crippen LogP contribution in [0, 0.1) is 5.92 Å². The lowest BCUT2D eigenvalue weighted by Gasteiger charge is -2.26. The van der Waals surface area contributed by atoms with Crippen molar-refractivity contribution in [3.8, 4) is 0 Å². The summed E-state index contributed by atoms with van der Waals surface area (Å²) >= 11 is 0. The number of nitrogens with two attached hydrogens (primary N) is 2. The minimum Gasteiger partial charge on any atom is -0.475 e. The predicted octanol–water partition coefficient (Wildman–Crippen LogP) is -0.0388. The van der Waals surface area contributed by atoms with Crippen LogP contribution in [-0.4, -0.2) is 84.0 Å². The average Bonchev–Trinajstić information content (AvgIpc) is 3.00. The van der Waals surface area contributed by atoms with E-state index in [-0.39, 0.29) is 50.1 Å². The van der Waals surface area contributed by atoms with Crippen molar-refractivity contribution in [1.29, 1.82) is 0 Å². The molecule has 18 heteroatoms. The van der Waals surface area contributed by atoms with E-state index in [0.717, 1.165) is 0 Å². The Bertz CT molecular complexity index is 1260. The lowest BCUT2D eigenvalue weighted by molar-refractivity contribution is -0.192. The van der Waals surface area contributed by atoms with Crippen molar-refractivity contribution >= 4 is 41.5 Å². The molecule has 10 N–H and O–H groups in total. The topological polar surface area (TPSA) is 247 Å². The summed E-state index contributed by atoms with van der Waals surface area (Å²) in [5, 5.41) is 20.8. The largest absolute Gasteiger partial charge is 0.490 e. The molecule has 262 valence electrons. The van der Waals surface area contributed by atoms with Gasteiger partial charge in [-0.25, -0.2) is 4.79 Å². The number of alkyl halides is 3. The second-order valence-corrected chi connectivity index (χ2v) is 10.8. The van der Waals surface area contributed by atoms with Crippen molar-refractivity contribution in [1.82, 2.24) is 26.6 Å². The third kappa shape index (κ3) is 14.8. The number of aliphatic imine (C=N–C) groups is 1. The standard InChI is InChI=1S/C27H42N8O5.C2HF3O2/c1-4-18-23(37)35-21(17-10-6-5-7-11-17)26(40)30-14-8-12-19(33-22(36)16(2)3)25(39)34-20(24(38)32-18)13-9-15-31-27(28)29;3-2(4,5)1(6)7/h5-7,10-11,16,18-21H,4,8-9,12-15H2,1-3H3,(H,30,40)(H,32,38)(H,33,36)(H,34,39)(H,35,37)(H4,28,29,31);(H,6,7)/t18-,19+,20-,21+;/m0./s1. The molecule has 15 nitrogen and oxygen atoms in total. The van der Waals surface area contributed by atoms with Gasteiger partial charge < -0.3 is 43.2 Å². The number of aliphatic carboxylic acids is 1. The Balaban J connectivity index is 0.00000141. The molecule has 1 aliphatic heterocycles. The van der Waals surface area contributed by atoms with Gasteiger partial charge in [0.25, 0.3) is 0 Å². The van der Waals surface area contributed by atoms with Crippen molar-refractivity contribution in [3.63, 3.8) is 0 Å². The van der Waals surface area contributed by atoms with Crippen molar-refractivity contribution in [2.24, 2.45) is 22.4 Å². The molecule has 1 aliphatic rings. The maximum absolute atomic E-state index is 13.3. The molecule has 47 heavy (non-hydrogen) atoms. The minimum absolute atomic E-state index is 0.0918. The first-order chi connectivity index (χ1) is 22.0. The smallest absolute Gasteiger partial charge is 0.475 e. The number of guanidine groups is 1. The second-order valence-electron chi connectivity index (χ2n) is 10.8. The molecule has 0 aromatic heterocycles. The summed E-state index contributed by atoms with van der Waals surface area (Å²) in [4.78, 5) is 78.2. The van der Waals surface area contributed by atoms with Crippen LogP contribution < -0.4 is 38.1 Å². The highest BCUT2D eigenvalue weighted by Crippen LogP contribution is 2.15. The Kier molecular flexibility index (Phi) is 16.7. The van der Waals surface area contributed by atoms with Crippen LogP contribution in [-0.2, 0) is 28.8 Å². The first-order valence-electron chi connectivity index (χ1n) is 14.9. The average molecular weight is 673 g/mol. The van der Waals surface area contributed by atoms with E-state index in [9.17, 15) is 37.1 Å². The Morgan fingerprint density at radius 2 is 1.55 bits per heavy atom. The number of carboxylic acid groups (broad SMARTS) is 1. The third-order valence-corrected chi connectivity index (χ3v) is 6.67. The Labute approximate surface area is 269 Å². The highest BCUT2D eigenvalue weighted by atomic mass is 19.4. The van der Waals surface area contributed by atoms with Gasteiger partial charge in [-0.2, -0.15) is 13.2 Å². The fourth-order valence-electron chi connectivity index (χ4n) is 4.09. The Hall–Kier alpha value is -4.90. The summed E-state index contributed by atoms with van der Waals surface area (Å²) in [6, 6.07) is 4.87. The lowest BCUT2D eigenvalue weighted by atomic mass is 10.0. The molecule has 0 saturated carbocycles. The molecule has 0 unspecified atom stereocenters. The molecule has 1 aromatic rings. The third-order valence-electron chi connectivity index (χ3n) is 6.67. The molecular weight excluding hydrogens is 629 g/mol. The summed E-state index contributed by atoms with van der Waals surface area (Å²) in [5.41, 5.74) is 11.4. The molecule has 0 spiro atoms. The van der Waals surface area contributed by atoms with Gasteiger partial charge in [-0.05, 0) is 37.7 Å². The molecule has 1 aromatic carbocycles. The van der Waals surface area contributed by atoms with Crippen LogP contribution in [0.4, 0.5) is 13.2 Å². The number of hydrogen-bond donors (Lipinski definition) is 8. The molecular formula is C29H43F3N8O7. The maximum atomic E-state index is 13.3. The Morgan fingerprint density at radius 1 is 0.979 bits per heavy atom. The molecule has 0 radical (unpaired) electrons. The van der Waals surface area contributed by atoms with Crippen LogP contribution >= 0.6 is 0 Å². The van der Waals surface area contributed by atoms with E-state index >= 15 is 0 Å². The highest BCUT2D eigenvalue weighted by Gasteiger charge is 2.38. The monoisotopic (exact) mass is 672 g/mol. The molecule has 0 aliphatic carbocycles. The van der Waals surface area contributed by atoms with Gasteiger partial charge in [-0.15, -0.1) is 0 Å². The van der Waals surface area contributed by atoms with Crippen LogP contribution in [0.3, 0.4) is 0 Å². The van der Waals surface area contributed by atoms with Crippen LogP contribution in [0.1, 0.15) is 64.5 Å². The van der Waals surface area contributed by atoms with E-state index in [4.69, 9.17) is 21.4 Å². The van der Waals surface area contributed by atoms with Gasteiger partial charge >= 0.3 is 12.1 Å². The molecule has 0 bridgehead atoms. The fraction of sp³-hybridized carbons (Fsp3) is 0.552. The highest BCUT2D eigenvalue weighted by molar-refractivity contribution is 5.96. The predicted molar refractivity (Wildman–Crippen MR) is 164 cm³/mol. The molecule has 1 fully saturated rings. The van der Waals surface area contributed by atoms with Crippen LogP contribution in [0.2, 0.25) is 0 Å². The zero-order valence-corrected chi connectivity index (χ0v) is 26.4. The summed E-state index contributed by atoms with van der Waals surface area (Å²) in [7, 11) is 0. The van der Waals surface area contributed by atoms with Gasteiger partial charge in [0.2, 0.25) is 29.5 Å². The molecule has 4 atom stereocenters. The SMILES string of the molecule is CC[C@@H]1NC(=O)[C@H](CCCN=C(N)N)NC(=O)[C@H](NC(=O)C(C)C)CCCNC(=O)[C@@H](c2ccccc2)NC1=O.O=C(O)C(F)(F)F. The van der Waals surface area contributed by atoms with Crippen LogP contribution in [0.25, 0.3) is 0 Å². The van der Waals surface area contributed by atoms with Gasteiger partial charge in [0, 0.05) is 19.0 Å². The quantitative estimate of drug-likeness (QED) is 0.105. The van der Waals surface area contributed by atoms with E-state index in [1.165, 1.54) is 0 Å². The number of rotatable bonds is 8. The number of carbonyl (C=O) groups excluding carboxylic acids is 5. The van der Waals surface area contributed by atoms with Crippen molar-refractivity contribution in [2.45, 2.75) is 83.2 Å². The number of carboxylic acids is 1. The molecule has 5 amide bonds. The zero-order chi connectivity index (χ0) is 35.7. The van der Waals surface area contributed by atoms with E-state index in [1.54, 1.807) is 51.1 Å². The molecule has 1 saturated heterocycles. The second kappa shape index (κ2) is 19.6. The van der Waals surface area contributed by atoms with E-state index in [0.29, 0.717) is 18.4 Å². The number of halogens is 3. The summed E-state index contributed by atoms with van der Waals surface area (Å²) in [6.45, 7) is 5.58. The number of hydrogen-bond acceptors (Lipinski definition) is 7. The minimum atomic E-state index is -5.08. The zero-order valence-electron chi connectivity index (χ0n) is 26.4. The number of amides is 5. The molecule has 2 rings (SSSR count). The van der Waals surface area contributed by atoms with E-state index in [1.807, 2.05) is 0 Å². The van der Waals surface area contributed by atoms with Gasteiger partial charge in [-0.1, -0.05) is 51.1 Å². The number of carbonyl (C=O) groups is 6. The van der Waals surface area contributed by atoms with Crippen molar-refractivity contribution in [2.75, 3.05) is 13.1 Å². The molecule has 1 heterocycles. The van der Waals surface area contributed by atoms with Crippen LogP contribution in [0.5, 0.6) is 0 Å². The van der Waals surface area contributed by atoms with Gasteiger partial charge in [0.05, 0.1) is 0 Å². The van der Waals surface area contributed by atoms with Crippen molar-refractivity contribution < 1.29 is 47.0 Å². The van der Waals surface area contributed by atoms with Crippen molar-refractivity contribution in [3.05, 3.63) is 35.9 Å². The van der Waals surface area contributed by atoms with Gasteiger partial charge in [-0.3, -0.25) is 29.0 Å². The number of benzene rings is 1. The maximum Gasteiger partial charge on any atom is 0.490 e. The van der Waals surface area contributed by atoms with Gasteiger partial charge in [0.15, 0.2) is 5.96 Å². The number of nitrogens with one attached hydrogen (secondary N) is 5. The first kappa shape index (κ1) is 40.1.